The molecule has 17 heavy (non-hydrogen) atoms. The minimum atomic E-state index is -3.61. The van der Waals surface area contributed by atoms with E-state index >= 15 is 0 Å². The maximum Gasteiger partial charge on any atom is 0.249 e. The van der Waals surface area contributed by atoms with Crippen LogP contribution in [0.5, 0.6) is 0 Å². The van der Waals surface area contributed by atoms with Crippen LogP contribution in [-0.4, -0.2) is 51.4 Å². The van der Waals surface area contributed by atoms with Crippen molar-refractivity contribution in [3.8, 4) is 0 Å². The van der Waals surface area contributed by atoms with Crippen molar-refractivity contribution in [1.29, 1.82) is 0 Å². The second kappa shape index (κ2) is 6.47. The molecule has 0 aromatic rings. The summed E-state index contributed by atoms with van der Waals surface area (Å²) >= 11 is 0. The summed E-state index contributed by atoms with van der Waals surface area (Å²) in [6.45, 7) is 5.60. The highest BCUT2D eigenvalue weighted by atomic mass is 31.2. The molecule has 0 rings (SSSR count). The summed E-state index contributed by atoms with van der Waals surface area (Å²) < 4.78 is 11.2. The fourth-order valence-electron chi connectivity index (χ4n) is 1.13. The molecule has 0 fully saturated rings. The lowest BCUT2D eigenvalue weighted by atomic mass is 10.2. The van der Waals surface area contributed by atoms with Crippen LogP contribution in [0.3, 0.4) is 0 Å². The summed E-state index contributed by atoms with van der Waals surface area (Å²) in [4.78, 5) is 20.4. The summed E-state index contributed by atoms with van der Waals surface area (Å²) in [5.41, 5.74) is 0. The van der Waals surface area contributed by atoms with Gasteiger partial charge in [0, 0.05) is 18.6 Å². The van der Waals surface area contributed by atoms with Gasteiger partial charge in [-0.25, -0.2) is 5.06 Å². The number of nitrogens with one attached hydrogen (secondary N) is 1. The Morgan fingerprint density at radius 2 is 1.88 bits per heavy atom. The second-order valence-corrected chi connectivity index (χ2v) is 6.82. The van der Waals surface area contributed by atoms with E-state index in [1.807, 2.05) is 0 Å². The van der Waals surface area contributed by atoms with Crippen LogP contribution in [0.1, 0.15) is 20.8 Å². The Bertz CT molecular complexity index is 304. The standard InChI is InChI=1S/C9H21N2O5P/c1-6(2)8(12)11(14)5-10-7(3)9(13)17(4,15)16/h6-7,9-10,13-14H,5H2,1-4H3,(H,15,16). The number of hydrogen-bond donors (Lipinski definition) is 4. The topological polar surface area (TPSA) is 110 Å². The van der Waals surface area contributed by atoms with E-state index in [4.69, 9.17) is 4.89 Å². The van der Waals surface area contributed by atoms with Crippen LogP contribution in [0.15, 0.2) is 0 Å². The van der Waals surface area contributed by atoms with Crippen LogP contribution in [-0.2, 0) is 9.36 Å². The predicted molar refractivity (Wildman–Crippen MR) is 62.7 cm³/mol. The van der Waals surface area contributed by atoms with Crippen molar-refractivity contribution >= 4 is 13.3 Å². The second-order valence-electron chi connectivity index (χ2n) is 4.40. The Morgan fingerprint density at radius 1 is 1.41 bits per heavy atom. The molecule has 0 radical (unpaired) electrons. The molecule has 102 valence electrons. The van der Waals surface area contributed by atoms with Crippen LogP contribution >= 0.6 is 7.37 Å². The van der Waals surface area contributed by atoms with Gasteiger partial charge in [-0.05, 0) is 6.92 Å². The zero-order valence-electron chi connectivity index (χ0n) is 10.5. The minimum Gasteiger partial charge on any atom is -0.381 e. The van der Waals surface area contributed by atoms with E-state index in [-0.39, 0.29) is 12.6 Å². The van der Waals surface area contributed by atoms with Gasteiger partial charge in [-0.3, -0.25) is 19.9 Å². The first-order valence-corrected chi connectivity index (χ1v) is 7.46. The first-order chi connectivity index (χ1) is 7.57. The third-order valence-corrected chi connectivity index (χ3v) is 3.68. The molecule has 0 heterocycles. The van der Waals surface area contributed by atoms with E-state index in [1.54, 1.807) is 13.8 Å². The van der Waals surface area contributed by atoms with Crippen LogP contribution in [0.2, 0.25) is 0 Å². The number of carbonyl (C=O) groups is 1. The number of aliphatic hydroxyl groups is 1. The Hall–Kier alpha value is -0.460. The summed E-state index contributed by atoms with van der Waals surface area (Å²) in [5.74, 6) is -2.26. The first-order valence-electron chi connectivity index (χ1n) is 5.29. The van der Waals surface area contributed by atoms with Crippen molar-refractivity contribution < 1.29 is 24.6 Å². The molecule has 0 aliphatic rings. The molecule has 0 bridgehead atoms. The van der Waals surface area contributed by atoms with Crippen LogP contribution < -0.4 is 5.32 Å². The molecule has 0 aliphatic carbocycles. The molecule has 0 aliphatic heterocycles. The fourth-order valence-corrected chi connectivity index (χ4v) is 2.06. The molecule has 3 atom stereocenters. The highest BCUT2D eigenvalue weighted by Crippen LogP contribution is 2.41. The Kier molecular flexibility index (Phi) is 6.29. The van der Waals surface area contributed by atoms with Gasteiger partial charge in [0.15, 0.2) is 0 Å². The fraction of sp³-hybridized carbons (Fsp3) is 0.889. The molecule has 3 unspecified atom stereocenters. The number of hydrogen-bond acceptors (Lipinski definition) is 5. The van der Waals surface area contributed by atoms with Crippen molar-refractivity contribution in [1.82, 2.24) is 10.4 Å². The van der Waals surface area contributed by atoms with Gasteiger partial charge in [0.05, 0.1) is 6.67 Å². The molecule has 0 aromatic carbocycles. The maximum atomic E-state index is 11.3. The molecule has 0 saturated carbocycles. The normalized spacial score (nSPS) is 18.6. The smallest absolute Gasteiger partial charge is 0.249 e. The number of carbonyl (C=O) groups excluding carboxylic acids is 1. The van der Waals surface area contributed by atoms with Gasteiger partial charge in [-0.2, -0.15) is 0 Å². The number of nitrogens with zero attached hydrogens (tertiary/aromatic N) is 1. The van der Waals surface area contributed by atoms with Gasteiger partial charge in [-0.15, -0.1) is 0 Å². The van der Waals surface area contributed by atoms with Gasteiger partial charge in [-0.1, -0.05) is 13.8 Å². The predicted octanol–water partition coefficient (Wildman–Crippen LogP) is 0.0144. The Morgan fingerprint density at radius 3 is 2.24 bits per heavy atom. The SMILES string of the molecule is CC(C)C(=O)N(O)CNC(C)C(O)P(C)(=O)O. The van der Waals surface area contributed by atoms with E-state index in [0.717, 1.165) is 6.66 Å². The van der Waals surface area contributed by atoms with Crippen molar-refractivity contribution in [2.45, 2.75) is 32.7 Å². The monoisotopic (exact) mass is 268 g/mol. The number of amides is 1. The number of rotatable bonds is 6. The van der Waals surface area contributed by atoms with Gasteiger partial charge >= 0.3 is 0 Å². The molecular formula is C9H21N2O5P. The molecule has 0 spiro atoms. The molecule has 1 amide bonds. The quantitative estimate of drug-likeness (QED) is 0.234. The number of hydroxylamine groups is 2. The molecule has 0 aromatic heterocycles. The van der Waals surface area contributed by atoms with E-state index in [2.05, 4.69) is 5.32 Å². The van der Waals surface area contributed by atoms with Crippen molar-refractivity contribution in [3.05, 3.63) is 0 Å². The van der Waals surface area contributed by atoms with Crippen molar-refractivity contribution in [3.63, 3.8) is 0 Å². The summed E-state index contributed by atoms with van der Waals surface area (Å²) in [6, 6.07) is -0.717. The largest absolute Gasteiger partial charge is 0.381 e. The molecule has 0 saturated heterocycles. The van der Waals surface area contributed by atoms with E-state index in [0.29, 0.717) is 5.06 Å². The van der Waals surface area contributed by atoms with Crippen molar-refractivity contribution in [2.75, 3.05) is 13.3 Å². The van der Waals surface area contributed by atoms with E-state index < -0.39 is 25.2 Å². The maximum absolute atomic E-state index is 11.3. The zero-order valence-corrected chi connectivity index (χ0v) is 11.4. The Balaban J connectivity index is 4.21. The van der Waals surface area contributed by atoms with Crippen LogP contribution in [0.25, 0.3) is 0 Å². The molecular weight excluding hydrogens is 247 g/mol. The average molecular weight is 268 g/mol. The van der Waals surface area contributed by atoms with Gasteiger partial charge in [0.2, 0.25) is 13.3 Å². The van der Waals surface area contributed by atoms with Crippen molar-refractivity contribution in [2.24, 2.45) is 5.92 Å². The van der Waals surface area contributed by atoms with E-state index in [1.165, 1.54) is 6.92 Å². The lowest BCUT2D eigenvalue weighted by molar-refractivity contribution is -0.171. The van der Waals surface area contributed by atoms with E-state index in [9.17, 15) is 19.7 Å². The van der Waals surface area contributed by atoms with Gasteiger partial charge in [0.25, 0.3) is 0 Å². The summed E-state index contributed by atoms with van der Waals surface area (Å²) in [5, 5.41) is 21.9. The molecule has 7 nitrogen and oxygen atoms in total. The lowest BCUT2D eigenvalue weighted by Gasteiger charge is -2.25. The van der Waals surface area contributed by atoms with Gasteiger partial charge < -0.3 is 10.00 Å². The molecule has 4 N–H and O–H groups in total. The molecule has 8 heteroatoms. The summed E-state index contributed by atoms with van der Waals surface area (Å²) in [6.07, 6.45) is 0. The lowest BCUT2D eigenvalue weighted by Crippen LogP contribution is -2.45. The Labute approximate surface area is 101 Å². The highest BCUT2D eigenvalue weighted by molar-refractivity contribution is 7.57. The van der Waals surface area contributed by atoms with Crippen LogP contribution in [0, 0.1) is 5.92 Å². The highest BCUT2D eigenvalue weighted by Gasteiger charge is 2.29. The zero-order chi connectivity index (χ0) is 13.8. The average Bonchev–Trinajstić information content (AvgIpc) is 2.21. The summed E-state index contributed by atoms with van der Waals surface area (Å²) in [7, 11) is -3.61. The minimum absolute atomic E-state index is 0.213. The first kappa shape index (κ1) is 16.5. The third-order valence-electron chi connectivity index (χ3n) is 2.25. The van der Waals surface area contributed by atoms with Crippen LogP contribution in [0.4, 0.5) is 0 Å². The third kappa shape index (κ3) is 5.61. The van der Waals surface area contributed by atoms with Gasteiger partial charge in [0.1, 0.15) is 5.85 Å². The number of aliphatic hydroxyl groups excluding tert-OH is 1.